The summed E-state index contributed by atoms with van der Waals surface area (Å²) >= 11 is 1.32. The molecule has 1 N–H and O–H groups in total. The lowest BCUT2D eigenvalue weighted by Crippen LogP contribution is -2.05. The number of thioether (sulfide) groups is 1. The van der Waals surface area contributed by atoms with Crippen molar-refractivity contribution in [2.45, 2.75) is 24.8 Å². The van der Waals surface area contributed by atoms with Gasteiger partial charge in [-0.2, -0.15) is 0 Å². The molecule has 0 saturated carbocycles. The van der Waals surface area contributed by atoms with E-state index >= 15 is 0 Å². The average molecular weight is 331 g/mol. The molecule has 2 heterocycles. The predicted octanol–water partition coefficient (Wildman–Crippen LogP) is 2.68. The molecule has 0 bridgehead atoms. The summed E-state index contributed by atoms with van der Waals surface area (Å²) in [5.74, 6) is 1.77. The number of rotatable bonds is 5. The van der Waals surface area contributed by atoms with Crippen LogP contribution in [0.25, 0.3) is 11.5 Å². The third-order valence-electron chi connectivity index (χ3n) is 2.75. The zero-order valence-electron chi connectivity index (χ0n) is 12.4. The number of amides is 1. The first-order chi connectivity index (χ1) is 11.1. The first-order valence-corrected chi connectivity index (χ1v) is 7.72. The van der Waals surface area contributed by atoms with Gasteiger partial charge in [0.1, 0.15) is 0 Å². The fourth-order valence-electron chi connectivity index (χ4n) is 1.80. The maximum atomic E-state index is 11.0. The van der Waals surface area contributed by atoms with Crippen LogP contribution in [0.1, 0.15) is 18.7 Å². The van der Waals surface area contributed by atoms with Crippen LogP contribution in [0.3, 0.4) is 0 Å². The summed E-state index contributed by atoms with van der Waals surface area (Å²) in [5.41, 5.74) is 1.48. The van der Waals surface area contributed by atoms with Gasteiger partial charge in [-0.1, -0.05) is 11.8 Å². The Balaban J connectivity index is 1.65. The molecule has 0 radical (unpaired) electrons. The molecule has 2 aromatic heterocycles. The summed E-state index contributed by atoms with van der Waals surface area (Å²) in [7, 11) is 0. The fraction of sp³-hybridized carbons (Fsp3) is 0.214. The molecule has 1 aromatic carbocycles. The second-order valence-corrected chi connectivity index (χ2v) is 5.56. The molecule has 3 aromatic rings. The van der Waals surface area contributed by atoms with Gasteiger partial charge in [0, 0.05) is 25.1 Å². The van der Waals surface area contributed by atoms with Crippen LogP contribution < -0.4 is 5.32 Å². The van der Waals surface area contributed by atoms with E-state index in [-0.39, 0.29) is 5.91 Å². The van der Waals surface area contributed by atoms with Gasteiger partial charge in [0.2, 0.25) is 23.6 Å². The summed E-state index contributed by atoms with van der Waals surface area (Å²) < 4.78 is 10.9. The number of hydrogen-bond acceptors (Lipinski definition) is 8. The molecular formula is C14H13N5O3S. The molecule has 0 saturated heterocycles. The van der Waals surface area contributed by atoms with Gasteiger partial charge in [-0.05, 0) is 24.3 Å². The summed E-state index contributed by atoms with van der Waals surface area (Å²) in [6.45, 7) is 3.19. The molecule has 8 nitrogen and oxygen atoms in total. The lowest BCUT2D eigenvalue weighted by molar-refractivity contribution is -0.114. The van der Waals surface area contributed by atoms with Gasteiger partial charge >= 0.3 is 0 Å². The number of aryl methyl sites for hydroxylation is 1. The van der Waals surface area contributed by atoms with Crippen LogP contribution in [0.5, 0.6) is 0 Å². The Bertz CT molecular complexity index is 812. The molecule has 0 fully saturated rings. The molecule has 3 rings (SSSR count). The molecule has 0 aliphatic rings. The summed E-state index contributed by atoms with van der Waals surface area (Å²) in [5, 5.41) is 18.7. The standard InChI is InChI=1S/C14H13N5O3S/c1-8(20)15-11-5-3-10(4-6-11)13-18-19-14(22-13)23-7-12-17-16-9(2)21-12/h3-6H,7H2,1-2H3,(H,15,20). The van der Waals surface area contributed by atoms with Crippen LogP contribution in [-0.2, 0) is 10.5 Å². The van der Waals surface area contributed by atoms with Crippen LogP contribution in [0.2, 0.25) is 0 Å². The number of carbonyl (C=O) groups is 1. The lowest BCUT2D eigenvalue weighted by atomic mass is 10.2. The molecule has 0 atom stereocenters. The number of anilines is 1. The molecule has 0 aliphatic heterocycles. The van der Waals surface area contributed by atoms with E-state index in [4.69, 9.17) is 8.83 Å². The highest BCUT2D eigenvalue weighted by atomic mass is 32.2. The Hall–Kier alpha value is -2.68. The van der Waals surface area contributed by atoms with Crippen molar-refractivity contribution in [2.24, 2.45) is 0 Å². The van der Waals surface area contributed by atoms with E-state index in [1.165, 1.54) is 18.7 Å². The third-order valence-corrected chi connectivity index (χ3v) is 3.55. The van der Waals surface area contributed by atoms with Crippen LogP contribution >= 0.6 is 11.8 Å². The Kier molecular flexibility index (Phi) is 4.38. The van der Waals surface area contributed by atoms with Gasteiger partial charge in [-0.15, -0.1) is 20.4 Å². The van der Waals surface area contributed by atoms with E-state index in [0.717, 1.165) is 5.56 Å². The topological polar surface area (TPSA) is 107 Å². The molecular weight excluding hydrogens is 318 g/mol. The first kappa shape index (κ1) is 15.2. The molecule has 0 unspecified atom stereocenters. The van der Waals surface area contributed by atoms with Crippen LogP contribution in [0.15, 0.2) is 38.3 Å². The Morgan fingerprint density at radius 3 is 2.57 bits per heavy atom. The van der Waals surface area contributed by atoms with Crippen molar-refractivity contribution < 1.29 is 13.6 Å². The second kappa shape index (κ2) is 6.61. The SMILES string of the molecule is CC(=O)Nc1ccc(-c2nnc(SCc3nnc(C)o3)o2)cc1. The highest BCUT2D eigenvalue weighted by molar-refractivity contribution is 7.98. The summed E-state index contributed by atoms with van der Waals surface area (Å²) in [6.07, 6.45) is 0. The van der Waals surface area contributed by atoms with E-state index in [1.807, 2.05) is 0 Å². The van der Waals surface area contributed by atoms with Crippen molar-refractivity contribution in [3.05, 3.63) is 36.0 Å². The number of carbonyl (C=O) groups excluding carboxylic acids is 1. The molecule has 9 heteroatoms. The van der Waals surface area contributed by atoms with E-state index in [0.29, 0.717) is 34.3 Å². The Morgan fingerprint density at radius 2 is 1.91 bits per heavy atom. The van der Waals surface area contributed by atoms with Crippen LogP contribution in [0.4, 0.5) is 5.69 Å². The van der Waals surface area contributed by atoms with Crippen molar-refractivity contribution in [1.82, 2.24) is 20.4 Å². The maximum Gasteiger partial charge on any atom is 0.277 e. The van der Waals surface area contributed by atoms with Crippen molar-refractivity contribution in [1.29, 1.82) is 0 Å². The minimum absolute atomic E-state index is 0.120. The van der Waals surface area contributed by atoms with Crippen molar-refractivity contribution in [3.63, 3.8) is 0 Å². The zero-order valence-corrected chi connectivity index (χ0v) is 13.3. The number of hydrogen-bond donors (Lipinski definition) is 1. The van der Waals surface area contributed by atoms with Gasteiger partial charge < -0.3 is 14.2 Å². The molecule has 0 spiro atoms. The lowest BCUT2D eigenvalue weighted by Gasteiger charge is -2.01. The van der Waals surface area contributed by atoms with Crippen molar-refractivity contribution in [3.8, 4) is 11.5 Å². The maximum absolute atomic E-state index is 11.0. The second-order valence-electron chi connectivity index (χ2n) is 4.64. The minimum Gasteiger partial charge on any atom is -0.425 e. The average Bonchev–Trinajstić information content (AvgIpc) is 3.14. The largest absolute Gasteiger partial charge is 0.425 e. The normalized spacial score (nSPS) is 10.7. The number of aromatic nitrogens is 4. The quantitative estimate of drug-likeness (QED) is 0.711. The minimum atomic E-state index is -0.120. The van der Waals surface area contributed by atoms with Crippen LogP contribution in [0, 0.1) is 6.92 Å². The summed E-state index contributed by atoms with van der Waals surface area (Å²) in [4.78, 5) is 11.0. The molecule has 118 valence electrons. The smallest absolute Gasteiger partial charge is 0.277 e. The van der Waals surface area contributed by atoms with Gasteiger partial charge in [0.25, 0.3) is 5.22 Å². The number of nitrogens with zero attached hydrogens (tertiary/aromatic N) is 4. The third kappa shape index (κ3) is 3.95. The number of benzene rings is 1. The van der Waals surface area contributed by atoms with Crippen LogP contribution in [-0.4, -0.2) is 26.3 Å². The van der Waals surface area contributed by atoms with E-state index in [1.54, 1.807) is 31.2 Å². The predicted molar refractivity (Wildman–Crippen MR) is 82.6 cm³/mol. The Morgan fingerprint density at radius 1 is 1.13 bits per heavy atom. The first-order valence-electron chi connectivity index (χ1n) is 6.73. The summed E-state index contributed by atoms with van der Waals surface area (Å²) in [6, 6.07) is 7.15. The van der Waals surface area contributed by atoms with E-state index < -0.39 is 0 Å². The zero-order chi connectivity index (χ0) is 16.2. The molecule has 0 aliphatic carbocycles. The van der Waals surface area contributed by atoms with Crippen molar-refractivity contribution >= 4 is 23.4 Å². The van der Waals surface area contributed by atoms with Gasteiger partial charge in [-0.25, -0.2) is 0 Å². The molecule has 23 heavy (non-hydrogen) atoms. The number of nitrogens with one attached hydrogen (secondary N) is 1. The van der Waals surface area contributed by atoms with Gasteiger partial charge in [0.15, 0.2) is 0 Å². The monoisotopic (exact) mass is 331 g/mol. The molecule has 1 amide bonds. The highest BCUT2D eigenvalue weighted by Gasteiger charge is 2.11. The Labute approximate surface area is 135 Å². The van der Waals surface area contributed by atoms with E-state index in [2.05, 4.69) is 25.7 Å². The van der Waals surface area contributed by atoms with Crippen molar-refractivity contribution in [2.75, 3.05) is 5.32 Å². The van der Waals surface area contributed by atoms with E-state index in [9.17, 15) is 4.79 Å². The van der Waals surface area contributed by atoms with Gasteiger partial charge in [0.05, 0.1) is 5.75 Å². The highest BCUT2D eigenvalue weighted by Crippen LogP contribution is 2.26. The van der Waals surface area contributed by atoms with Gasteiger partial charge in [-0.3, -0.25) is 4.79 Å². The fourth-order valence-corrected chi connectivity index (χ4v) is 2.40.